The summed E-state index contributed by atoms with van der Waals surface area (Å²) in [4.78, 5) is 6.39. The molecule has 0 saturated heterocycles. The largest absolute Gasteiger partial charge is 0.433 e. The molecule has 0 spiro atoms. The number of hydrogen-bond acceptors (Lipinski definition) is 2. The first kappa shape index (κ1) is 14.6. The van der Waals surface area contributed by atoms with Gasteiger partial charge in [0.05, 0.1) is 5.69 Å². The summed E-state index contributed by atoms with van der Waals surface area (Å²) < 4.78 is 76.5. The van der Waals surface area contributed by atoms with E-state index < -0.39 is 45.9 Å². The maximum Gasteiger partial charge on any atom is 0.433 e. The van der Waals surface area contributed by atoms with Gasteiger partial charge in [-0.1, -0.05) is 0 Å². The maximum atomic E-state index is 13.0. The Morgan fingerprint density at radius 1 is 0.900 bits per heavy atom. The zero-order valence-electron chi connectivity index (χ0n) is 9.27. The van der Waals surface area contributed by atoms with Crippen molar-refractivity contribution in [1.29, 1.82) is 0 Å². The fraction of sp³-hybridized carbons (Fsp3) is 0.0909. The summed E-state index contributed by atoms with van der Waals surface area (Å²) in [5.41, 5.74) is -2.25. The number of halogens is 7. The van der Waals surface area contributed by atoms with Gasteiger partial charge in [0.2, 0.25) is 5.28 Å². The number of hydrogen-bond donors (Lipinski definition) is 0. The van der Waals surface area contributed by atoms with Crippen LogP contribution in [0, 0.1) is 17.5 Å². The zero-order chi connectivity index (χ0) is 15.1. The third-order valence-electron chi connectivity index (χ3n) is 2.27. The number of alkyl halides is 3. The minimum absolute atomic E-state index is 0.392. The van der Waals surface area contributed by atoms with Crippen molar-refractivity contribution < 1.29 is 26.3 Å². The van der Waals surface area contributed by atoms with Crippen molar-refractivity contribution in [3.8, 4) is 11.3 Å². The van der Waals surface area contributed by atoms with Crippen LogP contribution in [0.2, 0.25) is 5.28 Å². The number of rotatable bonds is 1. The zero-order valence-corrected chi connectivity index (χ0v) is 10.0. The Balaban J connectivity index is 2.61. The molecule has 20 heavy (non-hydrogen) atoms. The quantitative estimate of drug-likeness (QED) is 0.447. The first-order valence-corrected chi connectivity index (χ1v) is 5.33. The summed E-state index contributed by atoms with van der Waals surface area (Å²) in [6, 6.07) is 1.48. The van der Waals surface area contributed by atoms with Gasteiger partial charge < -0.3 is 0 Å². The molecule has 0 aliphatic heterocycles. The Hall–Kier alpha value is -1.83. The molecule has 2 aromatic rings. The highest BCUT2D eigenvalue weighted by atomic mass is 35.5. The molecule has 0 radical (unpaired) electrons. The average molecular weight is 313 g/mol. The fourth-order valence-corrected chi connectivity index (χ4v) is 1.60. The molecule has 1 heterocycles. The third-order valence-corrected chi connectivity index (χ3v) is 2.44. The third kappa shape index (κ3) is 2.84. The molecule has 1 aromatic heterocycles. The second kappa shape index (κ2) is 4.93. The summed E-state index contributed by atoms with van der Waals surface area (Å²) in [7, 11) is 0. The molecule has 0 N–H and O–H groups in total. The van der Waals surface area contributed by atoms with Gasteiger partial charge in [-0.25, -0.2) is 23.1 Å². The van der Waals surface area contributed by atoms with Crippen molar-refractivity contribution in [2.45, 2.75) is 6.18 Å². The lowest BCUT2D eigenvalue weighted by Gasteiger charge is -2.08. The second-order valence-electron chi connectivity index (χ2n) is 3.66. The molecular formula is C11H3ClF6N2. The Labute approximate surface area is 113 Å². The minimum atomic E-state index is -4.81. The van der Waals surface area contributed by atoms with E-state index in [4.69, 9.17) is 11.6 Å². The van der Waals surface area contributed by atoms with E-state index in [-0.39, 0.29) is 0 Å². The Kier molecular flexibility index (Phi) is 3.59. The Bertz CT molecular complexity index is 647. The van der Waals surface area contributed by atoms with Crippen molar-refractivity contribution >= 4 is 11.6 Å². The summed E-state index contributed by atoms with van der Waals surface area (Å²) in [5.74, 6) is -4.84. The SMILES string of the molecule is Fc1cc(-c2cc(C(F)(F)F)nc(Cl)n2)cc(F)c1F. The van der Waals surface area contributed by atoms with E-state index in [1.165, 1.54) is 0 Å². The van der Waals surface area contributed by atoms with Crippen LogP contribution in [0.25, 0.3) is 11.3 Å². The highest BCUT2D eigenvalue weighted by Gasteiger charge is 2.33. The van der Waals surface area contributed by atoms with Gasteiger partial charge in [-0.05, 0) is 29.8 Å². The Morgan fingerprint density at radius 2 is 1.45 bits per heavy atom. The van der Waals surface area contributed by atoms with Crippen molar-refractivity contribution in [3.05, 3.63) is 46.6 Å². The molecule has 106 valence electrons. The van der Waals surface area contributed by atoms with Crippen molar-refractivity contribution in [2.24, 2.45) is 0 Å². The molecule has 2 nitrogen and oxygen atoms in total. The maximum absolute atomic E-state index is 13.0. The van der Waals surface area contributed by atoms with Crippen LogP contribution in [-0.2, 0) is 6.18 Å². The smallest absolute Gasteiger partial charge is 0.218 e. The Morgan fingerprint density at radius 3 is 1.95 bits per heavy atom. The van der Waals surface area contributed by atoms with Crippen molar-refractivity contribution in [1.82, 2.24) is 9.97 Å². The van der Waals surface area contributed by atoms with Gasteiger partial charge in [-0.15, -0.1) is 0 Å². The van der Waals surface area contributed by atoms with Gasteiger partial charge in [-0.2, -0.15) is 13.2 Å². The van der Waals surface area contributed by atoms with Crippen LogP contribution in [0.15, 0.2) is 18.2 Å². The average Bonchev–Trinajstić information content (AvgIpc) is 2.33. The lowest BCUT2D eigenvalue weighted by molar-refractivity contribution is -0.141. The highest BCUT2D eigenvalue weighted by molar-refractivity contribution is 6.28. The van der Waals surface area contributed by atoms with Gasteiger partial charge in [0.1, 0.15) is 5.69 Å². The van der Waals surface area contributed by atoms with Gasteiger partial charge in [0.15, 0.2) is 17.5 Å². The number of nitrogens with zero attached hydrogens (tertiary/aromatic N) is 2. The van der Waals surface area contributed by atoms with E-state index in [1.807, 2.05) is 0 Å². The molecule has 0 atom stereocenters. The van der Waals surface area contributed by atoms with Crippen LogP contribution in [0.3, 0.4) is 0 Å². The first-order chi connectivity index (χ1) is 9.18. The van der Waals surface area contributed by atoms with Crippen molar-refractivity contribution in [3.63, 3.8) is 0 Å². The lowest BCUT2D eigenvalue weighted by atomic mass is 10.1. The minimum Gasteiger partial charge on any atom is -0.218 e. The summed E-state index contributed by atoms with van der Waals surface area (Å²) in [5, 5.41) is -0.750. The van der Waals surface area contributed by atoms with Crippen LogP contribution in [0.4, 0.5) is 26.3 Å². The van der Waals surface area contributed by atoms with Crippen LogP contribution in [0.5, 0.6) is 0 Å². The van der Waals surface area contributed by atoms with E-state index in [0.717, 1.165) is 0 Å². The van der Waals surface area contributed by atoms with E-state index in [2.05, 4.69) is 9.97 Å². The topological polar surface area (TPSA) is 25.8 Å². The molecule has 0 saturated carbocycles. The van der Waals surface area contributed by atoms with E-state index >= 15 is 0 Å². The standard InChI is InChI=1S/C11H3ClF6N2/c12-10-19-7(3-8(20-10)11(16,17)18)4-1-5(13)9(15)6(14)2-4/h1-3H. The summed E-state index contributed by atoms with van der Waals surface area (Å²) in [6.07, 6.45) is -4.81. The first-order valence-electron chi connectivity index (χ1n) is 4.95. The molecule has 0 amide bonds. The summed E-state index contributed by atoms with van der Waals surface area (Å²) in [6.45, 7) is 0. The van der Waals surface area contributed by atoms with Crippen LogP contribution in [0.1, 0.15) is 5.69 Å². The molecular weight excluding hydrogens is 310 g/mol. The molecule has 0 aliphatic carbocycles. The van der Waals surface area contributed by atoms with Gasteiger partial charge in [0, 0.05) is 5.56 Å². The van der Waals surface area contributed by atoms with Gasteiger partial charge >= 0.3 is 6.18 Å². The predicted octanol–water partition coefficient (Wildman–Crippen LogP) is 4.23. The molecule has 0 unspecified atom stereocenters. The normalized spacial score (nSPS) is 11.8. The molecule has 0 fully saturated rings. The van der Waals surface area contributed by atoms with E-state index in [9.17, 15) is 26.3 Å². The van der Waals surface area contributed by atoms with Crippen LogP contribution in [-0.4, -0.2) is 9.97 Å². The van der Waals surface area contributed by atoms with Gasteiger partial charge in [-0.3, -0.25) is 0 Å². The van der Waals surface area contributed by atoms with Crippen LogP contribution < -0.4 is 0 Å². The lowest BCUT2D eigenvalue weighted by Crippen LogP contribution is -2.09. The van der Waals surface area contributed by atoms with E-state index in [1.54, 1.807) is 0 Å². The van der Waals surface area contributed by atoms with Crippen molar-refractivity contribution in [2.75, 3.05) is 0 Å². The number of benzene rings is 1. The monoisotopic (exact) mass is 312 g/mol. The molecule has 0 bridgehead atoms. The summed E-state index contributed by atoms with van der Waals surface area (Å²) >= 11 is 5.33. The fourth-order valence-electron chi connectivity index (χ4n) is 1.41. The van der Waals surface area contributed by atoms with E-state index in [0.29, 0.717) is 18.2 Å². The molecule has 2 rings (SSSR count). The van der Waals surface area contributed by atoms with Crippen LogP contribution >= 0.6 is 11.6 Å². The van der Waals surface area contributed by atoms with Gasteiger partial charge in [0.25, 0.3) is 0 Å². The predicted molar refractivity (Wildman–Crippen MR) is 57.4 cm³/mol. The second-order valence-corrected chi connectivity index (χ2v) is 4.00. The molecule has 9 heteroatoms. The highest BCUT2D eigenvalue weighted by Crippen LogP contribution is 2.31. The molecule has 1 aromatic carbocycles. The number of aromatic nitrogens is 2. The molecule has 0 aliphatic rings.